The Morgan fingerprint density at radius 1 is 0.508 bits per heavy atom. The summed E-state index contributed by atoms with van der Waals surface area (Å²) in [4.78, 5) is 12.7. The molecule has 0 aromatic heterocycles. The highest BCUT2D eigenvalue weighted by molar-refractivity contribution is 5.76. The van der Waals surface area contributed by atoms with E-state index in [2.05, 4.69) is 19.2 Å². The van der Waals surface area contributed by atoms with Crippen LogP contribution in [0.1, 0.15) is 258 Å². The van der Waals surface area contributed by atoms with Crippen molar-refractivity contribution in [3.05, 3.63) is 0 Å². The summed E-state index contributed by atoms with van der Waals surface area (Å²) in [6, 6.07) is -0.709. The van der Waals surface area contributed by atoms with E-state index < -0.39 is 49.5 Å². The molecular formula is C50H99NO8. The number of rotatable bonds is 44. The van der Waals surface area contributed by atoms with Gasteiger partial charge in [0.05, 0.1) is 25.4 Å². The van der Waals surface area contributed by atoms with E-state index in [1.54, 1.807) is 0 Å². The molecule has 1 saturated heterocycles. The number of unbranched alkanes of at least 4 members (excludes halogenated alkanes) is 34. The Balaban J connectivity index is 1.98. The van der Waals surface area contributed by atoms with Crippen LogP contribution in [0.3, 0.4) is 0 Å². The van der Waals surface area contributed by atoms with Crippen molar-refractivity contribution in [3.8, 4) is 0 Å². The number of aliphatic hydroxyl groups is 5. The third-order valence-electron chi connectivity index (χ3n) is 12.7. The van der Waals surface area contributed by atoms with E-state index in [-0.39, 0.29) is 12.5 Å². The molecule has 0 aromatic rings. The molecule has 1 aliphatic rings. The molecule has 0 aliphatic carbocycles. The van der Waals surface area contributed by atoms with E-state index >= 15 is 0 Å². The maximum Gasteiger partial charge on any atom is 0.220 e. The Labute approximate surface area is 364 Å². The lowest BCUT2D eigenvalue weighted by molar-refractivity contribution is -0.302. The lowest BCUT2D eigenvalue weighted by Crippen LogP contribution is -2.60. The molecule has 1 heterocycles. The van der Waals surface area contributed by atoms with Crippen LogP contribution in [0.4, 0.5) is 0 Å². The molecule has 7 atom stereocenters. The van der Waals surface area contributed by atoms with Gasteiger partial charge < -0.3 is 40.3 Å². The molecule has 1 fully saturated rings. The fraction of sp³-hybridized carbons (Fsp3) is 0.980. The molecule has 1 rings (SSSR count). The van der Waals surface area contributed by atoms with Crippen LogP contribution in [-0.2, 0) is 14.3 Å². The first kappa shape index (κ1) is 56.2. The van der Waals surface area contributed by atoms with Gasteiger partial charge >= 0.3 is 0 Å². The van der Waals surface area contributed by atoms with E-state index in [1.807, 2.05) is 0 Å². The lowest BCUT2D eigenvalue weighted by atomic mass is 9.99. The van der Waals surface area contributed by atoms with Gasteiger partial charge in [0.25, 0.3) is 0 Å². The van der Waals surface area contributed by atoms with Gasteiger partial charge in [-0.3, -0.25) is 4.79 Å². The van der Waals surface area contributed by atoms with Gasteiger partial charge in [-0.05, 0) is 12.8 Å². The first-order valence-electron chi connectivity index (χ1n) is 25.7. The summed E-state index contributed by atoms with van der Waals surface area (Å²) in [6.45, 7) is 3.73. The summed E-state index contributed by atoms with van der Waals surface area (Å²) in [6.07, 6.45) is 40.8. The SMILES string of the molecule is CCCCCCCCCCCCCCCCCCCCCCCCCCCCCCCCCCC(O)C(COC1OC(CO)C(O)C(O)C1O)NC(=O)CCCCCC. The van der Waals surface area contributed by atoms with Gasteiger partial charge in [-0.1, -0.05) is 239 Å². The fourth-order valence-electron chi connectivity index (χ4n) is 8.58. The number of ether oxygens (including phenoxy) is 2. The third kappa shape index (κ3) is 31.6. The number of carbonyl (C=O) groups excluding carboxylic acids is 1. The van der Waals surface area contributed by atoms with E-state index in [1.165, 1.54) is 186 Å². The Morgan fingerprint density at radius 3 is 1.20 bits per heavy atom. The van der Waals surface area contributed by atoms with Crippen LogP contribution in [-0.4, -0.2) is 87.5 Å². The van der Waals surface area contributed by atoms with Crippen molar-refractivity contribution in [2.75, 3.05) is 13.2 Å². The van der Waals surface area contributed by atoms with Crippen LogP contribution in [0.5, 0.6) is 0 Å². The van der Waals surface area contributed by atoms with E-state index in [9.17, 15) is 30.3 Å². The predicted octanol–water partition coefficient (Wildman–Crippen LogP) is 11.5. The monoisotopic (exact) mass is 842 g/mol. The standard InChI is InChI=1S/C50H99NO8/c1-3-5-7-9-10-11-12-13-14-15-16-17-18-19-20-21-22-23-24-25-26-27-28-29-30-31-32-33-34-35-36-37-39-44(53)43(51-46(54)40-38-8-6-4-2)42-58-50-49(57)48(56)47(55)45(41-52)59-50/h43-45,47-50,52-53,55-57H,3-42H2,1-2H3,(H,51,54). The average molecular weight is 842 g/mol. The lowest BCUT2D eigenvalue weighted by Gasteiger charge is -2.40. The summed E-state index contributed by atoms with van der Waals surface area (Å²) in [5, 5.41) is 54.0. The molecule has 0 bridgehead atoms. The van der Waals surface area contributed by atoms with Crippen LogP contribution >= 0.6 is 0 Å². The molecule has 352 valence electrons. The number of hydrogen-bond acceptors (Lipinski definition) is 8. The maximum atomic E-state index is 12.7. The van der Waals surface area contributed by atoms with Crippen molar-refractivity contribution >= 4 is 5.91 Å². The second kappa shape index (κ2) is 41.2. The molecule has 0 radical (unpaired) electrons. The highest BCUT2D eigenvalue weighted by Crippen LogP contribution is 2.23. The van der Waals surface area contributed by atoms with Gasteiger partial charge in [-0.15, -0.1) is 0 Å². The molecule has 0 spiro atoms. The number of nitrogens with one attached hydrogen (secondary N) is 1. The van der Waals surface area contributed by atoms with Gasteiger partial charge in [0.1, 0.15) is 24.4 Å². The Hall–Kier alpha value is -0.810. The highest BCUT2D eigenvalue weighted by atomic mass is 16.7. The summed E-state index contributed by atoms with van der Waals surface area (Å²) >= 11 is 0. The topological polar surface area (TPSA) is 149 Å². The van der Waals surface area contributed by atoms with Crippen molar-refractivity contribution in [1.29, 1.82) is 0 Å². The normalized spacial score (nSPS) is 20.6. The van der Waals surface area contributed by atoms with Crippen LogP contribution in [0.2, 0.25) is 0 Å². The van der Waals surface area contributed by atoms with E-state index in [0.29, 0.717) is 12.8 Å². The van der Waals surface area contributed by atoms with Crippen molar-refractivity contribution < 1.29 is 39.8 Å². The molecule has 7 unspecified atom stereocenters. The largest absolute Gasteiger partial charge is 0.394 e. The zero-order chi connectivity index (χ0) is 43.0. The van der Waals surface area contributed by atoms with E-state index in [4.69, 9.17) is 9.47 Å². The Morgan fingerprint density at radius 2 is 0.847 bits per heavy atom. The van der Waals surface area contributed by atoms with Gasteiger partial charge in [0, 0.05) is 6.42 Å². The summed E-state index contributed by atoms with van der Waals surface area (Å²) in [5.74, 6) is -0.159. The number of carbonyl (C=O) groups is 1. The third-order valence-corrected chi connectivity index (χ3v) is 12.7. The van der Waals surface area contributed by atoms with Crippen LogP contribution in [0.15, 0.2) is 0 Å². The zero-order valence-corrected chi connectivity index (χ0v) is 38.8. The molecule has 1 amide bonds. The van der Waals surface area contributed by atoms with Crippen molar-refractivity contribution in [1.82, 2.24) is 5.32 Å². The summed E-state index contributed by atoms with van der Waals surface area (Å²) < 4.78 is 11.2. The quantitative estimate of drug-likeness (QED) is 0.0332. The average Bonchev–Trinajstić information content (AvgIpc) is 3.23. The molecule has 9 heteroatoms. The molecule has 0 aromatic carbocycles. The molecule has 1 aliphatic heterocycles. The second-order valence-corrected chi connectivity index (χ2v) is 18.3. The number of amides is 1. The summed E-state index contributed by atoms with van der Waals surface area (Å²) in [7, 11) is 0. The fourth-order valence-corrected chi connectivity index (χ4v) is 8.58. The summed E-state index contributed by atoms with van der Waals surface area (Å²) in [5.41, 5.74) is 0. The Bertz CT molecular complexity index is 893. The van der Waals surface area contributed by atoms with E-state index in [0.717, 1.165) is 44.9 Å². The van der Waals surface area contributed by atoms with Gasteiger partial charge in [-0.2, -0.15) is 0 Å². The predicted molar refractivity (Wildman–Crippen MR) is 244 cm³/mol. The molecule has 9 nitrogen and oxygen atoms in total. The Kier molecular flexibility index (Phi) is 39.3. The van der Waals surface area contributed by atoms with Crippen LogP contribution in [0.25, 0.3) is 0 Å². The molecule has 59 heavy (non-hydrogen) atoms. The van der Waals surface area contributed by atoms with Gasteiger partial charge in [-0.25, -0.2) is 0 Å². The molecular weight excluding hydrogens is 743 g/mol. The molecule has 0 saturated carbocycles. The highest BCUT2D eigenvalue weighted by Gasteiger charge is 2.44. The minimum absolute atomic E-state index is 0.135. The van der Waals surface area contributed by atoms with Gasteiger partial charge in [0.2, 0.25) is 5.91 Å². The number of hydrogen-bond donors (Lipinski definition) is 6. The minimum Gasteiger partial charge on any atom is -0.394 e. The van der Waals surface area contributed by atoms with Crippen LogP contribution in [0, 0.1) is 0 Å². The number of aliphatic hydroxyl groups excluding tert-OH is 5. The van der Waals surface area contributed by atoms with Gasteiger partial charge in [0.15, 0.2) is 6.29 Å². The first-order chi connectivity index (χ1) is 28.8. The smallest absolute Gasteiger partial charge is 0.220 e. The van der Waals surface area contributed by atoms with Crippen molar-refractivity contribution in [3.63, 3.8) is 0 Å². The molecule has 6 N–H and O–H groups in total. The van der Waals surface area contributed by atoms with Crippen LogP contribution < -0.4 is 5.32 Å². The minimum atomic E-state index is -1.55. The maximum absolute atomic E-state index is 12.7. The van der Waals surface area contributed by atoms with Crippen molar-refractivity contribution in [2.24, 2.45) is 0 Å². The first-order valence-corrected chi connectivity index (χ1v) is 25.7. The second-order valence-electron chi connectivity index (χ2n) is 18.3. The zero-order valence-electron chi connectivity index (χ0n) is 38.8. The van der Waals surface area contributed by atoms with Crippen molar-refractivity contribution in [2.45, 2.75) is 301 Å².